The summed E-state index contributed by atoms with van der Waals surface area (Å²) in [5.41, 5.74) is 7.78. The average Bonchev–Trinajstić information content (AvgIpc) is 3.33. The fraction of sp³-hybridized carbons (Fsp3) is 0.476. The Morgan fingerprint density at radius 1 is 1.31 bits per heavy atom. The van der Waals surface area contributed by atoms with Crippen LogP contribution < -0.4 is 11.1 Å². The lowest BCUT2D eigenvalue weighted by Gasteiger charge is -2.28. The van der Waals surface area contributed by atoms with Gasteiger partial charge < -0.3 is 26.0 Å². The molecule has 29 heavy (non-hydrogen) atoms. The number of carbonyl (C=O) groups excluding carboxylic acids is 2. The Hall–Kier alpha value is -2.87. The number of aliphatic carboxylic acids is 1. The van der Waals surface area contributed by atoms with Crippen molar-refractivity contribution in [2.24, 2.45) is 11.7 Å². The number of benzene rings is 1. The number of carbonyl (C=O) groups is 3. The van der Waals surface area contributed by atoms with E-state index in [0.29, 0.717) is 19.4 Å². The molecule has 8 nitrogen and oxygen atoms in total. The van der Waals surface area contributed by atoms with Crippen LogP contribution in [0, 0.1) is 5.92 Å². The van der Waals surface area contributed by atoms with Gasteiger partial charge in [-0.05, 0) is 30.4 Å². The van der Waals surface area contributed by atoms with Crippen molar-refractivity contribution < 1.29 is 19.5 Å². The number of aromatic amines is 1. The number of carboxylic acids is 1. The van der Waals surface area contributed by atoms with Crippen molar-refractivity contribution in [1.29, 1.82) is 0 Å². The smallest absolute Gasteiger partial charge is 0.326 e. The second-order valence-electron chi connectivity index (χ2n) is 7.92. The van der Waals surface area contributed by atoms with Crippen LogP contribution in [0.25, 0.3) is 10.9 Å². The van der Waals surface area contributed by atoms with Crippen molar-refractivity contribution in [2.75, 3.05) is 6.54 Å². The van der Waals surface area contributed by atoms with Gasteiger partial charge in [0, 0.05) is 30.1 Å². The summed E-state index contributed by atoms with van der Waals surface area (Å²) >= 11 is 0. The first-order valence-electron chi connectivity index (χ1n) is 9.93. The van der Waals surface area contributed by atoms with Gasteiger partial charge in [0.25, 0.3) is 0 Å². The molecule has 0 saturated carbocycles. The normalized spacial score (nSPS) is 18.8. The third-order valence-corrected chi connectivity index (χ3v) is 5.56. The molecule has 1 saturated heterocycles. The van der Waals surface area contributed by atoms with E-state index >= 15 is 0 Å². The van der Waals surface area contributed by atoms with E-state index in [1.54, 1.807) is 0 Å². The molecule has 156 valence electrons. The van der Waals surface area contributed by atoms with Gasteiger partial charge >= 0.3 is 5.97 Å². The van der Waals surface area contributed by atoms with Crippen LogP contribution in [0.1, 0.15) is 32.3 Å². The zero-order chi connectivity index (χ0) is 21.1. The van der Waals surface area contributed by atoms with Gasteiger partial charge in [0.1, 0.15) is 12.1 Å². The fourth-order valence-corrected chi connectivity index (χ4v) is 3.78. The minimum atomic E-state index is -1.02. The highest BCUT2D eigenvalue weighted by molar-refractivity contribution is 5.93. The number of likely N-dealkylation sites (tertiary alicyclic amines) is 1. The molecule has 5 N–H and O–H groups in total. The van der Waals surface area contributed by atoms with Gasteiger partial charge in [0.15, 0.2) is 0 Å². The predicted molar refractivity (Wildman–Crippen MR) is 109 cm³/mol. The lowest BCUT2D eigenvalue weighted by atomic mass is 10.0. The number of amides is 2. The van der Waals surface area contributed by atoms with Gasteiger partial charge in [0.2, 0.25) is 11.8 Å². The number of nitrogens with zero attached hydrogens (tertiary/aromatic N) is 1. The zero-order valence-electron chi connectivity index (χ0n) is 16.7. The summed E-state index contributed by atoms with van der Waals surface area (Å²) in [4.78, 5) is 41.9. The van der Waals surface area contributed by atoms with Crippen molar-refractivity contribution >= 4 is 28.7 Å². The van der Waals surface area contributed by atoms with Crippen LogP contribution in [-0.2, 0) is 20.8 Å². The number of H-pyrrole nitrogens is 1. The molecule has 0 unspecified atom stereocenters. The predicted octanol–water partition coefficient (Wildman–Crippen LogP) is 1.25. The van der Waals surface area contributed by atoms with Crippen LogP contribution >= 0.6 is 0 Å². The number of fused-ring (bicyclic) bond motifs is 1. The third kappa shape index (κ3) is 4.42. The Balaban J connectivity index is 1.87. The lowest BCUT2D eigenvalue weighted by molar-refractivity contribution is -0.149. The fourth-order valence-electron chi connectivity index (χ4n) is 3.78. The maximum absolute atomic E-state index is 13.2. The standard InChI is InChI=1S/C21H28N4O4/c1-12(2)18(22)19(26)24-16(20(27)25-9-5-8-17(25)21(28)29)10-13-11-23-15-7-4-3-6-14(13)15/h3-4,6-7,11-12,16-18,23H,5,8-10,22H2,1-2H3,(H,24,26)(H,28,29)/t16-,17+,18-/m0/s1. The number of hydrogen-bond acceptors (Lipinski definition) is 4. The van der Waals surface area contributed by atoms with Gasteiger partial charge in [0.05, 0.1) is 6.04 Å². The molecule has 1 aromatic heterocycles. The highest BCUT2D eigenvalue weighted by Gasteiger charge is 2.38. The molecule has 0 radical (unpaired) electrons. The Morgan fingerprint density at radius 3 is 2.72 bits per heavy atom. The average molecular weight is 400 g/mol. The largest absolute Gasteiger partial charge is 0.480 e. The van der Waals surface area contributed by atoms with Crippen molar-refractivity contribution in [1.82, 2.24) is 15.2 Å². The molecule has 1 aromatic carbocycles. The summed E-state index contributed by atoms with van der Waals surface area (Å²) in [5.74, 6) is -1.90. The lowest BCUT2D eigenvalue weighted by Crippen LogP contribution is -2.56. The van der Waals surface area contributed by atoms with E-state index in [1.807, 2.05) is 44.3 Å². The maximum Gasteiger partial charge on any atom is 0.326 e. The topological polar surface area (TPSA) is 129 Å². The summed E-state index contributed by atoms with van der Waals surface area (Å²) in [6.45, 7) is 4.04. The number of hydrogen-bond donors (Lipinski definition) is 4. The molecule has 8 heteroatoms. The van der Waals surface area contributed by atoms with E-state index in [2.05, 4.69) is 10.3 Å². The molecular weight excluding hydrogens is 372 g/mol. The highest BCUT2D eigenvalue weighted by atomic mass is 16.4. The van der Waals surface area contributed by atoms with Gasteiger partial charge in [-0.1, -0.05) is 32.0 Å². The van der Waals surface area contributed by atoms with Crippen LogP contribution in [0.3, 0.4) is 0 Å². The summed E-state index contributed by atoms with van der Waals surface area (Å²) in [6.07, 6.45) is 3.11. The SMILES string of the molecule is CC(C)[C@H](N)C(=O)N[C@@H](Cc1c[nH]c2ccccc12)C(=O)N1CCC[C@@H]1C(=O)O. The molecular formula is C21H28N4O4. The van der Waals surface area contributed by atoms with E-state index in [1.165, 1.54) is 4.90 Å². The molecule has 3 rings (SSSR count). The van der Waals surface area contributed by atoms with Crippen LogP contribution in [-0.4, -0.2) is 57.4 Å². The molecule has 1 aliphatic heterocycles. The van der Waals surface area contributed by atoms with Crippen LogP contribution in [0.5, 0.6) is 0 Å². The zero-order valence-corrected chi connectivity index (χ0v) is 16.7. The Labute approximate surface area is 169 Å². The van der Waals surface area contributed by atoms with Crippen molar-refractivity contribution in [3.8, 4) is 0 Å². The van der Waals surface area contributed by atoms with E-state index in [9.17, 15) is 19.5 Å². The number of nitrogens with one attached hydrogen (secondary N) is 2. The van der Waals surface area contributed by atoms with Crippen molar-refractivity contribution in [3.63, 3.8) is 0 Å². The quantitative estimate of drug-likeness (QED) is 0.556. The monoisotopic (exact) mass is 400 g/mol. The molecule has 2 heterocycles. The Bertz CT molecular complexity index is 907. The Morgan fingerprint density at radius 2 is 2.03 bits per heavy atom. The molecule has 2 amide bonds. The summed E-state index contributed by atoms with van der Waals surface area (Å²) in [6, 6.07) is 5.21. The summed E-state index contributed by atoms with van der Waals surface area (Å²) in [7, 11) is 0. The highest BCUT2D eigenvalue weighted by Crippen LogP contribution is 2.23. The van der Waals surface area contributed by atoms with Gasteiger partial charge in [-0.2, -0.15) is 0 Å². The second-order valence-corrected chi connectivity index (χ2v) is 7.92. The molecule has 0 bridgehead atoms. The Kier molecular flexibility index (Phi) is 6.22. The molecule has 0 aliphatic carbocycles. The minimum Gasteiger partial charge on any atom is -0.480 e. The van der Waals surface area contributed by atoms with E-state index in [0.717, 1.165) is 16.5 Å². The number of para-hydroxylation sites is 1. The molecule has 1 fully saturated rings. The van der Waals surface area contributed by atoms with Gasteiger partial charge in [-0.3, -0.25) is 9.59 Å². The minimum absolute atomic E-state index is 0.0857. The first kappa shape index (κ1) is 20.9. The van der Waals surface area contributed by atoms with Crippen LogP contribution in [0.15, 0.2) is 30.5 Å². The first-order valence-corrected chi connectivity index (χ1v) is 9.93. The number of aromatic nitrogens is 1. The van der Waals surface area contributed by atoms with E-state index in [4.69, 9.17) is 5.73 Å². The van der Waals surface area contributed by atoms with Crippen LogP contribution in [0.4, 0.5) is 0 Å². The molecule has 1 aliphatic rings. The number of rotatable bonds is 7. The van der Waals surface area contributed by atoms with Crippen LogP contribution in [0.2, 0.25) is 0 Å². The maximum atomic E-state index is 13.2. The molecule has 2 aromatic rings. The summed E-state index contributed by atoms with van der Waals surface area (Å²) in [5, 5.41) is 13.2. The third-order valence-electron chi connectivity index (χ3n) is 5.56. The first-order chi connectivity index (χ1) is 13.8. The van der Waals surface area contributed by atoms with Crippen molar-refractivity contribution in [3.05, 3.63) is 36.0 Å². The molecule has 0 spiro atoms. The van der Waals surface area contributed by atoms with Crippen molar-refractivity contribution in [2.45, 2.75) is 51.2 Å². The second kappa shape index (κ2) is 8.65. The van der Waals surface area contributed by atoms with Gasteiger partial charge in [-0.25, -0.2) is 4.79 Å². The van der Waals surface area contributed by atoms with Gasteiger partial charge in [-0.15, -0.1) is 0 Å². The summed E-state index contributed by atoms with van der Waals surface area (Å²) < 4.78 is 0. The number of nitrogens with two attached hydrogens (primary N) is 1. The molecule has 3 atom stereocenters. The van der Waals surface area contributed by atoms with E-state index < -0.39 is 30.0 Å². The number of carboxylic acid groups (broad SMARTS) is 1. The van der Waals surface area contributed by atoms with E-state index in [-0.39, 0.29) is 18.2 Å².